The van der Waals surface area contributed by atoms with Crippen molar-refractivity contribution >= 4 is 23.1 Å². The van der Waals surface area contributed by atoms with Crippen molar-refractivity contribution in [3.63, 3.8) is 0 Å². The van der Waals surface area contributed by atoms with Crippen molar-refractivity contribution in [3.05, 3.63) is 78.2 Å². The number of rotatable bonds is 4. The Balaban J connectivity index is 1.38. The number of hydrogen-bond acceptors (Lipinski definition) is 6. The first-order valence-electron chi connectivity index (χ1n) is 9.42. The largest absolute Gasteiger partial charge is 0.367 e. The maximum Gasteiger partial charge on any atom is 0.274 e. The van der Waals surface area contributed by atoms with Gasteiger partial charge in [-0.3, -0.25) is 4.79 Å². The highest BCUT2D eigenvalue weighted by Crippen LogP contribution is 2.19. The summed E-state index contributed by atoms with van der Waals surface area (Å²) in [6.07, 6.45) is 3.53. The molecule has 0 atom stereocenters. The standard InChI is InChI=1S/C22H20N6O/c23-15-17-5-1-2-6-19(17)26-22(29)20-9-8-18(16-25-20)27-11-13-28(14-12-27)21-7-3-4-10-24-21/h1-10,16H,11-14H2,(H,26,29). The molecule has 0 unspecified atom stereocenters. The highest BCUT2D eigenvalue weighted by Gasteiger charge is 2.19. The molecule has 1 saturated heterocycles. The lowest BCUT2D eigenvalue weighted by Crippen LogP contribution is -2.46. The van der Waals surface area contributed by atoms with E-state index in [9.17, 15) is 4.79 Å². The van der Waals surface area contributed by atoms with E-state index in [1.807, 2.05) is 30.5 Å². The Hall–Kier alpha value is -3.92. The van der Waals surface area contributed by atoms with Crippen LogP contribution in [0.25, 0.3) is 0 Å². The van der Waals surface area contributed by atoms with Gasteiger partial charge >= 0.3 is 0 Å². The number of para-hydroxylation sites is 1. The second-order valence-corrected chi connectivity index (χ2v) is 6.68. The number of benzene rings is 1. The molecule has 4 rings (SSSR count). The Morgan fingerprint density at radius 3 is 2.38 bits per heavy atom. The molecular formula is C22H20N6O. The van der Waals surface area contributed by atoms with E-state index in [1.165, 1.54) is 0 Å². The van der Waals surface area contributed by atoms with E-state index in [1.54, 1.807) is 36.5 Å². The first-order valence-corrected chi connectivity index (χ1v) is 9.42. The molecular weight excluding hydrogens is 364 g/mol. The summed E-state index contributed by atoms with van der Waals surface area (Å²) in [7, 11) is 0. The third-order valence-electron chi connectivity index (χ3n) is 4.89. The molecule has 1 fully saturated rings. The number of aromatic nitrogens is 2. The van der Waals surface area contributed by atoms with Gasteiger partial charge in [-0.05, 0) is 36.4 Å². The van der Waals surface area contributed by atoms with Crippen LogP contribution in [0.3, 0.4) is 0 Å². The van der Waals surface area contributed by atoms with E-state index >= 15 is 0 Å². The third-order valence-corrected chi connectivity index (χ3v) is 4.89. The number of hydrogen-bond donors (Lipinski definition) is 1. The van der Waals surface area contributed by atoms with Crippen molar-refractivity contribution in [1.29, 1.82) is 5.26 Å². The number of carbonyl (C=O) groups is 1. The molecule has 7 nitrogen and oxygen atoms in total. The minimum absolute atomic E-state index is 0.314. The Morgan fingerprint density at radius 1 is 0.931 bits per heavy atom. The maximum absolute atomic E-state index is 12.5. The molecule has 29 heavy (non-hydrogen) atoms. The lowest BCUT2D eigenvalue weighted by atomic mass is 10.2. The van der Waals surface area contributed by atoms with Gasteiger partial charge in [-0.25, -0.2) is 9.97 Å². The molecule has 1 N–H and O–H groups in total. The van der Waals surface area contributed by atoms with Crippen LogP contribution in [0.2, 0.25) is 0 Å². The molecule has 0 spiro atoms. The Morgan fingerprint density at radius 2 is 1.69 bits per heavy atom. The van der Waals surface area contributed by atoms with Gasteiger partial charge in [-0.2, -0.15) is 5.26 Å². The average molecular weight is 384 g/mol. The SMILES string of the molecule is N#Cc1ccccc1NC(=O)c1ccc(N2CCN(c3ccccn3)CC2)cn1. The number of pyridine rings is 2. The average Bonchev–Trinajstić information content (AvgIpc) is 2.80. The fourth-order valence-electron chi connectivity index (χ4n) is 3.32. The fourth-order valence-corrected chi connectivity index (χ4v) is 3.32. The molecule has 1 amide bonds. The van der Waals surface area contributed by atoms with Crippen molar-refractivity contribution in [1.82, 2.24) is 9.97 Å². The molecule has 0 bridgehead atoms. The first-order chi connectivity index (χ1) is 14.2. The van der Waals surface area contributed by atoms with Crippen LogP contribution in [0, 0.1) is 11.3 Å². The second kappa shape index (κ2) is 8.40. The number of piperazine rings is 1. The van der Waals surface area contributed by atoms with Gasteiger partial charge in [0, 0.05) is 32.4 Å². The summed E-state index contributed by atoms with van der Waals surface area (Å²) in [5.41, 5.74) is 2.20. The van der Waals surface area contributed by atoms with Crippen LogP contribution in [0.15, 0.2) is 67.0 Å². The van der Waals surface area contributed by atoms with Crippen LogP contribution in [0.4, 0.5) is 17.2 Å². The van der Waals surface area contributed by atoms with E-state index in [4.69, 9.17) is 5.26 Å². The van der Waals surface area contributed by atoms with Gasteiger partial charge in [0.15, 0.2) is 0 Å². The summed E-state index contributed by atoms with van der Waals surface area (Å²) in [5, 5.41) is 11.9. The normalized spacial score (nSPS) is 13.6. The molecule has 1 aliphatic rings. The predicted molar refractivity (Wildman–Crippen MR) is 112 cm³/mol. The molecule has 2 aromatic heterocycles. The van der Waals surface area contributed by atoms with E-state index in [0.717, 1.165) is 37.7 Å². The summed E-state index contributed by atoms with van der Waals surface area (Å²) in [6.45, 7) is 3.48. The molecule has 0 saturated carbocycles. The highest BCUT2D eigenvalue weighted by molar-refractivity contribution is 6.03. The van der Waals surface area contributed by atoms with E-state index < -0.39 is 0 Å². The summed E-state index contributed by atoms with van der Waals surface area (Å²) in [4.78, 5) is 25.7. The molecule has 3 aromatic rings. The summed E-state index contributed by atoms with van der Waals surface area (Å²) in [5.74, 6) is 0.661. The van der Waals surface area contributed by atoms with Gasteiger partial charge in [0.25, 0.3) is 5.91 Å². The molecule has 3 heterocycles. The molecule has 144 valence electrons. The van der Waals surface area contributed by atoms with Crippen LogP contribution < -0.4 is 15.1 Å². The fraction of sp³-hybridized carbons (Fsp3) is 0.182. The molecule has 7 heteroatoms. The van der Waals surface area contributed by atoms with Gasteiger partial charge in [0.1, 0.15) is 17.6 Å². The zero-order valence-corrected chi connectivity index (χ0v) is 15.8. The number of anilines is 3. The van der Waals surface area contributed by atoms with Crippen LogP contribution in [-0.4, -0.2) is 42.1 Å². The topological polar surface area (TPSA) is 85.2 Å². The zero-order chi connectivity index (χ0) is 20.1. The van der Waals surface area contributed by atoms with Crippen molar-refractivity contribution in [2.24, 2.45) is 0 Å². The highest BCUT2D eigenvalue weighted by atomic mass is 16.1. The molecule has 0 radical (unpaired) electrons. The van der Waals surface area contributed by atoms with Crippen LogP contribution in [0.5, 0.6) is 0 Å². The van der Waals surface area contributed by atoms with Crippen LogP contribution in [-0.2, 0) is 0 Å². The van der Waals surface area contributed by atoms with Crippen molar-refractivity contribution in [2.45, 2.75) is 0 Å². The number of nitrogens with zero attached hydrogens (tertiary/aromatic N) is 5. The Labute approximate surface area is 169 Å². The zero-order valence-electron chi connectivity index (χ0n) is 15.8. The molecule has 1 aromatic carbocycles. The van der Waals surface area contributed by atoms with Crippen LogP contribution >= 0.6 is 0 Å². The predicted octanol–water partition coefficient (Wildman–Crippen LogP) is 2.93. The van der Waals surface area contributed by atoms with Gasteiger partial charge < -0.3 is 15.1 Å². The van der Waals surface area contributed by atoms with Gasteiger partial charge in [-0.15, -0.1) is 0 Å². The van der Waals surface area contributed by atoms with Gasteiger partial charge in [0.05, 0.1) is 23.1 Å². The number of nitrogens with one attached hydrogen (secondary N) is 1. The van der Waals surface area contributed by atoms with E-state index in [2.05, 4.69) is 31.2 Å². The van der Waals surface area contributed by atoms with Crippen molar-refractivity contribution < 1.29 is 4.79 Å². The number of nitriles is 1. The first kappa shape index (κ1) is 18.4. The lowest BCUT2D eigenvalue weighted by Gasteiger charge is -2.36. The summed E-state index contributed by atoms with van der Waals surface area (Å²) >= 11 is 0. The van der Waals surface area contributed by atoms with Crippen molar-refractivity contribution in [2.75, 3.05) is 41.3 Å². The third kappa shape index (κ3) is 4.17. The van der Waals surface area contributed by atoms with Crippen LogP contribution in [0.1, 0.15) is 16.1 Å². The number of amides is 1. The van der Waals surface area contributed by atoms with E-state index in [0.29, 0.717) is 16.9 Å². The molecule has 1 aliphatic heterocycles. The minimum atomic E-state index is -0.334. The monoisotopic (exact) mass is 384 g/mol. The molecule has 0 aliphatic carbocycles. The smallest absolute Gasteiger partial charge is 0.274 e. The maximum atomic E-state index is 12.5. The Kier molecular flexibility index (Phi) is 5.34. The lowest BCUT2D eigenvalue weighted by molar-refractivity contribution is 0.102. The summed E-state index contributed by atoms with van der Waals surface area (Å²) < 4.78 is 0. The quantitative estimate of drug-likeness (QED) is 0.744. The van der Waals surface area contributed by atoms with Gasteiger partial charge in [-0.1, -0.05) is 18.2 Å². The van der Waals surface area contributed by atoms with Gasteiger partial charge in [0.2, 0.25) is 0 Å². The van der Waals surface area contributed by atoms with E-state index in [-0.39, 0.29) is 5.91 Å². The Bertz CT molecular complexity index is 1020. The minimum Gasteiger partial charge on any atom is -0.367 e. The second-order valence-electron chi connectivity index (χ2n) is 6.68. The van der Waals surface area contributed by atoms with Crippen molar-refractivity contribution in [3.8, 4) is 6.07 Å². The summed E-state index contributed by atoms with van der Waals surface area (Å²) in [6, 6.07) is 18.5. The number of carbonyl (C=O) groups excluding carboxylic acids is 1.